The van der Waals surface area contributed by atoms with Gasteiger partial charge in [0.05, 0.1) is 13.2 Å². The molecule has 2 fully saturated rings. The molecule has 0 aliphatic carbocycles. The standard InChI is InChI=1S/C14H25N3O4/c1-11-3-2-5-17(12(11)13(18)19)14(20)15-4-6-16-7-9-21-10-8-16/h11-12H,2-10H2,1H3,(H,15,20)(H,18,19). The molecule has 21 heavy (non-hydrogen) atoms. The van der Waals surface area contributed by atoms with Crippen molar-refractivity contribution in [3.05, 3.63) is 0 Å². The van der Waals surface area contributed by atoms with Gasteiger partial charge in [-0.25, -0.2) is 9.59 Å². The van der Waals surface area contributed by atoms with Crippen LogP contribution in [-0.2, 0) is 9.53 Å². The molecule has 2 saturated heterocycles. The molecule has 0 aromatic carbocycles. The monoisotopic (exact) mass is 299 g/mol. The van der Waals surface area contributed by atoms with Crippen molar-refractivity contribution in [3.8, 4) is 0 Å². The highest BCUT2D eigenvalue weighted by Gasteiger charge is 2.36. The Kier molecular flexibility index (Phi) is 5.81. The summed E-state index contributed by atoms with van der Waals surface area (Å²) in [4.78, 5) is 27.3. The van der Waals surface area contributed by atoms with Crippen molar-refractivity contribution >= 4 is 12.0 Å². The first-order valence-electron chi connectivity index (χ1n) is 7.67. The molecule has 0 saturated carbocycles. The van der Waals surface area contributed by atoms with Crippen LogP contribution >= 0.6 is 0 Å². The third-order valence-electron chi connectivity index (χ3n) is 4.26. The van der Waals surface area contributed by atoms with Crippen molar-refractivity contribution in [1.29, 1.82) is 0 Å². The minimum atomic E-state index is -0.912. The summed E-state index contributed by atoms with van der Waals surface area (Å²) in [6.07, 6.45) is 1.72. The molecule has 0 spiro atoms. The summed E-state index contributed by atoms with van der Waals surface area (Å²) in [5.41, 5.74) is 0. The summed E-state index contributed by atoms with van der Waals surface area (Å²) in [6.45, 7) is 6.96. The Morgan fingerprint density at radius 2 is 2.00 bits per heavy atom. The lowest BCUT2D eigenvalue weighted by Crippen LogP contribution is -2.55. The fourth-order valence-corrected chi connectivity index (χ4v) is 3.04. The van der Waals surface area contributed by atoms with Crippen LogP contribution in [-0.4, -0.2) is 78.9 Å². The first-order valence-corrected chi connectivity index (χ1v) is 7.67. The normalized spacial score (nSPS) is 27.4. The molecule has 0 radical (unpaired) electrons. The number of carbonyl (C=O) groups is 2. The number of morpholine rings is 1. The zero-order chi connectivity index (χ0) is 15.2. The Bertz CT molecular complexity index is 371. The summed E-state index contributed by atoms with van der Waals surface area (Å²) >= 11 is 0. The van der Waals surface area contributed by atoms with Gasteiger partial charge in [-0.3, -0.25) is 4.90 Å². The van der Waals surface area contributed by atoms with Crippen LogP contribution in [0.3, 0.4) is 0 Å². The summed E-state index contributed by atoms with van der Waals surface area (Å²) in [6, 6.07) is -0.968. The molecular formula is C14H25N3O4. The fourth-order valence-electron chi connectivity index (χ4n) is 3.04. The van der Waals surface area contributed by atoms with Crippen LogP contribution in [0.5, 0.6) is 0 Å². The Labute approximate surface area is 125 Å². The van der Waals surface area contributed by atoms with Gasteiger partial charge in [0.15, 0.2) is 0 Å². The van der Waals surface area contributed by atoms with Crippen LogP contribution in [0.2, 0.25) is 0 Å². The first kappa shape index (κ1) is 16.0. The number of aliphatic carboxylic acids is 1. The Hall–Kier alpha value is -1.34. The number of amides is 2. The lowest BCUT2D eigenvalue weighted by atomic mass is 9.91. The molecule has 2 N–H and O–H groups in total. The molecule has 120 valence electrons. The zero-order valence-corrected chi connectivity index (χ0v) is 12.6. The number of rotatable bonds is 4. The maximum Gasteiger partial charge on any atom is 0.326 e. The van der Waals surface area contributed by atoms with E-state index in [1.807, 2.05) is 6.92 Å². The predicted octanol–water partition coefficient (Wildman–Crippen LogP) is 0.213. The highest BCUT2D eigenvalue weighted by molar-refractivity contribution is 5.83. The fraction of sp³-hybridized carbons (Fsp3) is 0.857. The number of urea groups is 1. The van der Waals surface area contributed by atoms with Crippen molar-refractivity contribution in [1.82, 2.24) is 15.1 Å². The Morgan fingerprint density at radius 1 is 1.29 bits per heavy atom. The number of nitrogens with zero attached hydrogens (tertiary/aromatic N) is 2. The molecule has 2 aliphatic rings. The second kappa shape index (κ2) is 7.61. The third-order valence-corrected chi connectivity index (χ3v) is 4.26. The van der Waals surface area contributed by atoms with Crippen molar-refractivity contribution in [2.75, 3.05) is 45.9 Å². The Balaban J connectivity index is 1.79. The number of carbonyl (C=O) groups excluding carboxylic acids is 1. The van der Waals surface area contributed by atoms with E-state index in [1.54, 1.807) is 0 Å². The highest BCUT2D eigenvalue weighted by atomic mass is 16.5. The van der Waals surface area contributed by atoms with E-state index in [1.165, 1.54) is 4.90 Å². The van der Waals surface area contributed by atoms with Gasteiger partial charge in [0.1, 0.15) is 6.04 Å². The molecule has 0 aromatic heterocycles. The van der Waals surface area contributed by atoms with Gasteiger partial charge in [-0.05, 0) is 18.8 Å². The molecule has 2 aliphatic heterocycles. The van der Waals surface area contributed by atoms with E-state index >= 15 is 0 Å². The molecule has 0 aromatic rings. The van der Waals surface area contributed by atoms with E-state index in [9.17, 15) is 14.7 Å². The second-order valence-electron chi connectivity index (χ2n) is 5.78. The lowest BCUT2D eigenvalue weighted by molar-refractivity contribution is -0.145. The summed E-state index contributed by atoms with van der Waals surface area (Å²) in [7, 11) is 0. The number of ether oxygens (including phenoxy) is 1. The van der Waals surface area contributed by atoms with Gasteiger partial charge < -0.3 is 20.1 Å². The van der Waals surface area contributed by atoms with Crippen LogP contribution < -0.4 is 5.32 Å². The highest BCUT2D eigenvalue weighted by Crippen LogP contribution is 2.23. The number of piperidine rings is 1. The SMILES string of the molecule is CC1CCCN(C(=O)NCCN2CCOCC2)C1C(=O)O. The topological polar surface area (TPSA) is 82.1 Å². The van der Waals surface area contributed by atoms with Crippen LogP contribution in [0.4, 0.5) is 4.79 Å². The van der Waals surface area contributed by atoms with Crippen LogP contribution in [0, 0.1) is 5.92 Å². The average molecular weight is 299 g/mol. The predicted molar refractivity (Wildman–Crippen MR) is 77.2 cm³/mol. The number of nitrogens with one attached hydrogen (secondary N) is 1. The Morgan fingerprint density at radius 3 is 2.67 bits per heavy atom. The lowest BCUT2D eigenvalue weighted by Gasteiger charge is -2.37. The van der Waals surface area contributed by atoms with Gasteiger partial charge in [-0.1, -0.05) is 6.92 Å². The van der Waals surface area contributed by atoms with E-state index < -0.39 is 12.0 Å². The van der Waals surface area contributed by atoms with Crippen LogP contribution in [0.1, 0.15) is 19.8 Å². The second-order valence-corrected chi connectivity index (χ2v) is 5.78. The van der Waals surface area contributed by atoms with Crippen molar-refractivity contribution in [3.63, 3.8) is 0 Å². The van der Waals surface area contributed by atoms with Crippen LogP contribution in [0.25, 0.3) is 0 Å². The maximum atomic E-state index is 12.2. The molecule has 0 bridgehead atoms. The first-order chi connectivity index (χ1) is 10.1. The molecule has 7 nitrogen and oxygen atoms in total. The smallest absolute Gasteiger partial charge is 0.326 e. The maximum absolute atomic E-state index is 12.2. The van der Waals surface area contributed by atoms with E-state index in [0.717, 1.165) is 45.7 Å². The van der Waals surface area contributed by atoms with Gasteiger partial charge in [0, 0.05) is 32.7 Å². The van der Waals surface area contributed by atoms with Gasteiger partial charge in [0.25, 0.3) is 0 Å². The van der Waals surface area contributed by atoms with Gasteiger partial charge in [-0.2, -0.15) is 0 Å². The zero-order valence-electron chi connectivity index (χ0n) is 12.6. The molecule has 2 unspecified atom stereocenters. The summed E-state index contributed by atoms with van der Waals surface area (Å²) in [5.74, 6) is -0.910. The number of likely N-dealkylation sites (tertiary alicyclic amines) is 1. The molecule has 2 rings (SSSR count). The van der Waals surface area contributed by atoms with Crippen molar-refractivity contribution in [2.24, 2.45) is 5.92 Å². The third kappa shape index (κ3) is 4.31. The van der Waals surface area contributed by atoms with Gasteiger partial charge in [-0.15, -0.1) is 0 Å². The minimum Gasteiger partial charge on any atom is -0.480 e. The quantitative estimate of drug-likeness (QED) is 0.775. The van der Waals surface area contributed by atoms with Crippen LogP contribution in [0.15, 0.2) is 0 Å². The van der Waals surface area contributed by atoms with E-state index in [-0.39, 0.29) is 11.9 Å². The minimum absolute atomic E-state index is 0.00115. The largest absolute Gasteiger partial charge is 0.480 e. The van der Waals surface area contributed by atoms with Gasteiger partial charge >= 0.3 is 12.0 Å². The molecule has 7 heteroatoms. The molecule has 2 heterocycles. The van der Waals surface area contributed by atoms with Crippen molar-refractivity contribution in [2.45, 2.75) is 25.8 Å². The number of carboxylic acids is 1. The molecular weight excluding hydrogens is 274 g/mol. The molecule has 2 atom stereocenters. The summed E-state index contributed by atoms with van der Waals surface area (Å²) < 4.78 is 5.27. The number of carboxylic acid groups (broad SMARTS) is 1. The number of hydrogen-bond donors (Lipinski definition) is 2. The summed E-state index contributed by atoms with van der Waals surface area (Å²) in [5, 5.41) is 12.2. The van der Waals surface area contributed by atoms with E-state index in [0.29, 0.717) is 13.1 Å². The average Bonchev–Trinajstić information content (AvgIpc) is 2.47. The van der Waals surface area contributed by atoms with E-state index in [4.69, 9.17) is 4.74 Å². The van der Waals surface area contributed by atoms with Crippen molar-refractivity contribution < 1.29 is 19.4 Å². The molecule has 2 amide bonds. The van der Waals surface area contributed by atoms with Gasteiger partial charge in [0.2, 0.25) is 0 Å². The van der Waals surface area contributed by atoms with E-state index in [2.05, 4.69) is 10.2 Å². The number of hydrogen-bond acceptors (Lipinski definition) is 4.